The SMILES string of the molecule is CCC(CC1CC1)NS(=O)(=O)c1cccc(F)c1CN. The molecule has 4 nitrogen and oxygen atoms in total. The quantitative estimate of drug-likeness (QED) is 0.810. The summed E-state index contributed by atoms with van der Waals surface area (Å²) in [6.45, 7) is 1.81. The minimum atomic E-state index is -3.72. The molecule has 0 amide bonds. The Hall–Kier alpha value is -0.980. The molecule has 2 rings (SSSR count). The number of rotatable bonds is 7. The van der Waals surface area contributed by atoms with Gasteiger partial charge >= 0.3 is 0 Å². The normalized spacial score (nSPS) is 17.1. The molecule has 0 aliphatic heterocycles. The summed E-state index contributed by atoms with van der Waals surface area (Å²) in [5.74, 6) is 0.0507. The standard InChI is InChI=1S/C14H21FN2O2S/c1-2-11(8-10-6-7-10)17-20(18,19)14-5-3-4-13(15)12(14)9-16/h3-5,10-11,17H,2,6-9,16H2,1H3. The second-order valence-corrected chi connectivity index (χ2v) is 7.01. The third-order valence-electron chi connectivity index (χ3n) is 3.70. The van der Waals surface area contributed by atoms with Gasteiger partial charge in [-0.25, -0.2) is 17.5 Å². The number of benzene rings is 1. The predicted molar refractivity (Wildman–Crippen MR) is 76.0 cm³/mol. The fourth-order valence-corrected chi connectivity index (χ4v) is 3.92. The van der Waals surface area contributed by atoms with Crippen molar-refractivity contribution < 1.29 is 12.8 Å². The fraction of sp³-hybridized carbons (Fsp3) is 0.571. The Labute approximate surface area is 119 Å². The molecule has 1 aromatic carbocycles. The molecule has 1 aliphatic carbocycles. The zero-order chi connectivity index (χ0) is 14.8. The first-order valence-electron chi connectivity index (χ1n) is 6.97. The van der Waals surface area contributed by atoms with Gasteiger partial charge in [0, 0.05) is 18.2 Å². The van der Waals surface area contributed by atoms with Gasteiger partial charge in [-0.2, -0.15) is 0 Å². The van der Waals surface area contributed by atoms with Crippen molar-refractivity contribution in [1.82, 2.24) is 4.72 Å². The molecule has 1 atom stereocenters. The summed E-state index contributed by atoms with van der Waals surface area (Å²) in [5, 5.41) is 0. The number of halogens is 1. The third kappa shape index (κ3) is 3.56. The molecule has 1 fully saturated rings. The lowest BCUT2D eigenvalue weighted by Crippen LogP contribution is -2.35. The predicted octanol–water partition coefficient (Wildman–Crippen LogP) is 2.14. The second-order valence-electron chi connectivity index (χ2n) is 5.33. The smallest absolute Gasteiger partial charge is 0.241 e. The van der Waals surface area contributed by atoms with E-state index in [1.165, 1.54) is 31.0 Å². The van der Waals surface area contributed by atoms with Crippen LogP contribution in [0.4, 0.5) is 4.39 Å². The van der Waals surface area contributed by atoms with Gasteiger partial charge in [0.25, 0.3) is 0 Å². The average Bonchev–Trinajstić information content (AvgIpc) is 3.21. The average molecular weight is 300 g/mol. The lowest BCUT2D eigenvalue weighted by Gasteiger charge is -2.18. The Balaban J connectivity index is 2.22. The van der Waals surface area contributed by atoms with Gasteiger partial charge < -0.3 is 5.73 Å². The van der Waals surface area contributed by atoms with Crippen LogP contribution in [0.25, 0.3) is 0 Å². The number of sulfonamides is 1. The van der Waals surface area contributed by atoms with Crippen LogP contribution < -0.4 is 10.5 Å². The topological polar surface area (TPSA) is 72.2 Å². The van der Waals surface area contributed by atoms with Gasteiger partial charge in [0.1, 0.15) is 5.82 Å². The molecule has 112 valence electrons. The third-order valence-corrected chi connectivity index (χ3v) is 5.30. The van der Waals surface area contributed by atoms with Crippen molar-refractivity contribution in [3.8, 4) is 0 Å². The first-order valence-corrected chi connectivity index (χ1v) is 8.46. The highest BCUT2D eigenvalue weighted by Gasteiger charge is 2.28. The van der Waals surface area contributed by atoms with Gasteiger partial charge in [-0.15, -0.1) is 0 Å². The first-order chi connectivity index (χ1) is 9.47. The molecular weight excluding hydrogens is 279 g/mol. The molecule has 6 heteroatoms. The van der Waals surface area contributed by atoms with Crippen molar-refractivity contribution in [2.24, 2.45) is 11.7 Å². The molecule has 1 unspecified atom stereocenters. The van der Waals surface area contributed by atoms with E-state index >= 15 is 0 Å². The monoisotopic (exact) mass is 300 g/mol. The van der Waals surface area contributed by atoms with Crippen molar-refractivity contribution in [2.45, 2.75) is 50.1 Å². The largest absolute Gasteiger partial charge is 0.326 e. The van der Waals surface area contributed by atoms with Gasteiger partial charge in [-0.05, 0) is 30.9 Å². The second kappa shape index (κ2) is 6.20. The van der Waals surface area contributed by atoms with E-state index in [0.29, 0.717) is 5.92 Å². The lowest BCUT2D eigenvalue weighted by atomic mass is 10.1. The molecule has 0 heterocycles. The number of nitrogens with two attached hydrogens (primary N) is 1. The molecule has 0 radical (unpaired) electrons. The van der Waals surface area contributed by atoms with Gasteiger partial charge in [-0.3, -0.25) is 0 Å². The van der Waals surface area contributed by atoms with Crippen LogP contribution in [0.1, 0.15) is 38.2 Å². The Kier molecular flexibility index (Phi) is 4.78. The van der Waals surface area contributed by atoms with E-state index in [0.717, 1.165) is 12.8 Å². The molecule has 3 N–H and O–H groups in total. The van der Waals surface area contributed by atoms with E-state index in [-0.39, 0.29) is 23.0 Å². The van der Waals surface area contributed by atoms with Crippen LogP contribution in [-0.2, 0) is 16.6 Å². The molecule has 0 spiro atoms. The lowest BCUT2D eigenvalue weighted by molar-refractivity contribution is 0.494. The Morgan fingerprint density at radius 1 is 1.45 bits per heavy atom. The van der Waals surface area contributed by atoms with Crippen molar-refractivity contribution in [3.05, 3.63) is 29.6 Å². The van der Waals surface area contributed by atoms with E-state index in [1.807, 2.05) is 6.92 Å². The maximum atomic E-state index is 13.6. The van der Waals surface area contributed by atoms with Crippen molar-refractivity contribution in [2.75, 3.05) is 0 Å². The van der Waals surface area contributed by atoms with E-state index in [9.17, 15) is 12.8 Å². The van der Waals surface area contributed by atoms with Crippen LogP contribution in [-0.4, -0.2) is 14.5 Å². The van der Waals surface area contributed by atoms with Crippen LogP contribution in [0, 0.1) is 11.7 Å². The van der Waals surface area contributed by atoms with E-state index < -0.39 is 15.8 Å². The Morgan fingerprint density at radius 2 is 2.15 bits per heavy atom. The van der Waals surface area contributed by atoms with E-state index in [4.69, 9.17) is 5.73 Å². The molecule has 1 saturated carbocycles. The minimum absolute atomic E-state index is 0.0428. The van der Waals surface area contributed by atoms with Crippen molar-refractivity contribution in [3.63, 3.8) is 0 Å². The molecule has 1 aromatic rings. The summed E-state index contributed by atoms with van der Waals surface area (Å²) in [7, 11) is -3.72. The van der Waals surface area contributed by atoms with Crippen molar-refractivity contribution >= 4 is 10.0 Å². The summed E-state index contributed by atoms with van der Waals surface area (Å²) in [5.41, 5.74) is 5.51. The van der Waals surface area contributed by atoms with Gasteiger partial charge in [-0.1, -0.05) is 25.8 Å². The van der Waals surface area contributed by atoms with E-state index in [1.54, 1.807) is 0 Å². The molecule has 0 bridgehead atoms. The van der Waals surface area contributed by atoms with Crippen LogP contribution in [0.15, 0.2) is 23.1 Å². The summed E-state index contributed by atoms with van der Waals surface area (Å²) >= 11 is 0. The number of hydrogen-bond acceptors (Lipinski definition) is 3. The molecule has 20 heavy (non-hydrogen) atoms. The maximum Gasteiger partial charge on any atom is 0.241 e. The van der Waals surface area contributed by atoms with Crippen LogP contribution >= 0.6 is 0 Å². The summed E-state index contributed by atoms with van der Waals surface area (Å²) < 4.78 is 41.1. The van der Waals surface area contributed by atoms with Gasteiger partial charge in [0.15, 0.2) is 0 Å². The highest BCUT2D eigenvalue weighted by atomic mass is 32.2. The maximum absolute atomic E-state index is 13.6. The highest BCUT2D eigenvalue weighted by Crippen LogP contribution is 2.34. The fourth-order valence-electron chi connectivity index (χ4n) is 2.33. The molecular formula is C14H21FN2O2S. The Morgan fingerprint density at radius 3 is 2.70 bits per heavy atom. The van der Waals surface area contributed by atoms with Gasteiger partial charge in [0.05, 0.1) is 4.90 Å². The van der Waals surface area contributed by atoms with Crippen molar-refractivity contribution in [1.29, 1.82) is 0 Å². The number of nitrogens with one attached hydrogen (secondary N) is 1. The summed E-state index contributed by atoms with van der Waals surface area (Å²) in [6, 6.07) is 3.92. The van der Waals surface area contributed by atoms with Crippen LogP contribution in [0.3, 0.4) is 0 Å². The van der Waals surface area contributed by atoms with Gasteiger partial charge in [0.2, 0.25) is 10.0 Å². The Bertz CT molecular complexity index is 571. The summed E-state index contributed by atoms with van der Waals surface area (Å²) in [4.78, 5) is -0.0470. The van der Waals surface area contributed by atoms with Crippen LogP contribution in [0.5, 0.6) is 0 Å². The van der Waals surface area contributed by atoms with Crippen LogP contribution in [0.2, 0.25) is 0 Å². The zero-order valence-corrected chi connectivity index (χ0v) is 12.4. The molecule has 1 aliphatic rings. The number of hydrogen-bond donors (Lipinski definition) is 2. The first kappa shape index (κ1) is 15.4. The zero-order valence-electron chi connectivity index (χ0n) is 11.6. The summed E-state index contributed by atoms with van der Waals surface area (Å²) in [6.07, 6.45) is 3.92. The minimum Gasteiger partial charge on any atom is -0.326 e. The molecule has 0 aromatic heterocycles. The van der Waals surface area contributed by atoms with E-state index in [2.05, 4.69) is 4.72 Å². The molecule has 0 saturated heterocycles. The highest BCUT2D eigenvalue weighted by molar-refractivity contribution is 7.89.